The van der Waals surface area contributed by atoms with E-state index in [0.29, 0.717) is 36.4 Å². The molecule has 0 aliphatic carbocycles. The first-order valence-electron chi connectivity index (χ1n) is 8.75. The number of aromatic nitrogens is 3. The summed E-state index contributed by atoms with van der Waals surface area (Å²) in [5.74, 6) is 1.52. The van der Waals surface area contributed by atoms with Gasteiger partial charge in [0.2, 0.25) is 17.8 Å². The number of carbonyl (C=O) groups excluding carboxylic acids is 2. The first-order valence-corrected chi connectivity index (χ1v) is 8.75. The van der Waals surface area contributed by atoms with Crippen LogP contribution in [0.5, 0.6) is 5.75 Å². The van der Waals surface area contributed by atoms with Crippen LogP contribution in [0.15, 0.2) is 24.3 Å². The Morgan fingerprint density at radius 2 is 2.12 bits per heavy atom. The molecule has 1 aliphatic rings. The molecule has 26 heavy (non-hydrogen) atoms. The Bertz CT molecular complexity index is 798. The average molecular weight is 357 g/mol. The topological polar surface area (TPSA) is 98.1 Å². The van der Waals surface area contributed by atoms with Crippen LogP contribution in [-0.4, -0.2) is 33.2 Å². The van der Waals surface area contributed by atoms with E-state index < -0.39 is 6.04 Å². The molecule has 0 saturated carbocycles. The monoisotopic (exact) mass is 357 g/mol. The van der Waals surface area contributed by atoms with E-state index in [1.165, 1.54) is 4.68 Å². The number of ether oxygens (including phenoxy) is 1. The fourth-order valence-corrected chi connectivity index (χ4v) is 2.79. The van der Waals surface area contributed by atoms with Crippen LogP contribution < -0.4 is 15.4 Å². The van der Waals surface area contributed by atoms with Gasteiger partial charge in [-0.1, -0.05) is 13.8 Å². The molecule has 3 rings (SSSR count). The Kier molecular flexibility index (Phi) is 5.20. The average Bonchev–Trinajstić information content (AvgIpc) is 2.97. The molecule has 8 nitrogen and oxygen atoms in total. The summed E-state index contributed by atoms with van der Waals surface area (Å²) in [6, 6.07) is 6.37. The van der Waals surface area contributed by atoms with E-state index in [1.807, 2.05) is 6.92 Å². The molecule has 1 aromatic heterocycles. The van der Waals surface area contributed by atoms with Crippen LogP contribution in [0.4, 0.5) is 11.6 Å². The van der Waals surface area contributed by atoms with Crippen molar-refractivity contribution in [1.29, 1.82) is 0 Å². The quantitative estimate of drug-likeness (QED) is 0.827. The lowest BCUT2D eigenvalue weighted by Crippen LogP contribution is -2.36. The lowest BCUT2D eigenvalue weighted by Gasteiger charge is -2.22. The van der Waals surface area contributed by atoms with Crippen molar-refractivity contribution in [2.75, 3.05) is 17.2 Å². The van der Waals surface area contributed by atoms with Gasteiger partial charge in [-0.05, 0) is 37.1 Å². The molecule has 2 heterocycles. The molecule has 0 saturated heterocycles. The highest BCUT2D eigenvalue weighted by Gasteiger charge is 2.33. The van der Waals surface area contributed by atoms with Gasteiger partial charge in [-0.25, -0.2) is 4.68 Å². The van der Waals surface area contributed by atoms with Crippen LogP contribution in [0.3, 0.4) is 0 Å². The first kappa shape index (κ1) is 17.9. The Balaban J connectivity index is 1.77. The molecule has 2 N–H and O–H groups in total. The molecule has 2 amide bonds. The molecule has 8 heteroatoms. The van der Waals surface area contributed by atoms with Gasteiger partial charge in [0.05, 0.1) is 13.0 Å². The minimum Gasteiger partial charge on any atom is -0.494 e. The van der Waals surface area contributed by atoms with Gasteiger partial charge in [-0.2, -0.15) is 10.1 Å². The van der Waals surface area contributed by atoms with Crippen LogP contribution in [-0.2, 0) is 16.0 Å². The second-order valence-electron chi connectivity index (χ2n) is 6.61. The second-order valence-corrected chi connectivity index (χ2v) is 6.61. The standard InChI is InChI=1S/C18H23N5O3/c1-4-26-13-7-5-12(6-8-13)19-17(25)14-10-16(24)21-18-20-15(9-11(2)3)22-23(14)18/h5-8,11,14H,4,9-10H2,1-3H3,(H,19,25)(H,20,21,22,24). The number of amides is 2. The van der Waals surface area contributed by atoms with Crippen LogP contribution in [0.25, 0.3) is 0 Å². The van der Waals surface area contributed by atoms with Crippen molar-refractivity contribution in [2.24, 2.45) is 5.92 Å². The molecular formula is C18H23N5O3. The zero-order valence-electron chi connectivity index (χ0n) is 15.2. The summed E-state index contributed by atoms with van der Waals surface area (Å²) in [6.07, 6.45) is 0.712. The molecule has 0 fully saturated rings. The summed E-state index contributed by atoms with van der Waals surface area (Å²) in [4.78, 5) is 29.0. The Labute approximate surface area is 151 Å². The molecule has 138 valence electrons. The van der Waals surface area contributed by atoms with Gasteiger partial charge in [0.25, 0.3) is 0 Å². The van der Waals surface area contributed by atoms with Crippen molar-refractivity contribution < 1.29 is 14.3 Å². The van der Waals surface area contributed by atoms with Crippen LogP contribution in [0.1, 0.15) is 39.1 Å². The maximum absolute atomic E-state index is 12.7. The van der Waals surface area contributed by atoms with Crippen molar-refractivity contribution in [1.82, 2.24) is 14.8 Å². The molecule has 2 aromatic rings. The summed E-state index contributed by atoms with van der Waals surface area (Å²) in [7, 11) is 0. The molecule has 1 aliphatic heterocycles. The minimum atomic E-state index is -0.723. The van der Waals surface area contributed by atoms with E-state index in [0.717, 1.165) is 5.75 Å². The van der Waals surface area contributed by atoms with E-state index in [2.05, 4.69) is 34.6 Å². The van der Waals surface area contributed by atoms with Crippen LogP contribution in [0, 0.1) is 5.92 Å². The predicted octanol–water partition coefficient (Wildman–Crippen LogP) is 2.40. The number of anilines is 2. The molecular weight excluding hydrogens is 334 g/mol. The number of rotatable bonds is 6. The number of nitrogens with one attached hydrogen (secondary N) is 2. The van der Waals surface area contributed by atoms with Gasteiger partial charge in [-0.3, -0.25) is 14.9 Å². The summed E-state index contributed by atoms with van der Waals surface area (Å²) in [5, 5.41) is 9.92. The first-order chi connectivity index (χ1) is 12.5. The highest BCUT2D eigenvalue weighted by atomic mass is 16.5. The zero-order valence-corrected chi connectivity index (χ0v) is 15.2. The van der Waals surface area contributed by atoms with Crippen molar-refractivity contribution in [3.63, 3.8) is 0 Å². The molecule has 1 unspecified atom stereocenters. The van der Waals surface area contributed by atoms with Gasteiger partial charge >= 0.3 is 0 Å². The highest BCUT2D eigenvalue weighted by Crippen LogP contribution is 2.25. The SMILES string of the molecule is CCOc1ccc(NC(=O)C2CC(=O)Nc3nc(CC(C)C)nn32)cc1. The molecule has 0 bridgehead atoms. The van der Waals surface area contributed by atoms with Crippen molar-refractivity contribution in [3.05, 3.63) is 30.1 Å². The van der Waals surface area contributed by atoms with Gasteiger partial charge in [-0.15, -0.1) is 0 Å². The van der Waals surface area contributed by atoms with Crippen molar-refractivity contribution in [3.8, 4) is 5.75 Å². The number of benzene rings is 1. The number of carbonyl (C=O) groups is 2. The molecule has 1 atom stereocenters. The fourth-order valence-electron chi connectivity index (χ4n) is 2.79. The number of nitrogens with zero attached hydrogens (tertiary/aromatic N) is 3. The number of fused-ring (bicyclic) bond motifs is 1. The fraction of sp³-hybridized carbons (Fsp3) is 0.444. The second kappa shape index (κ2) is 7.55. The van der Waals surface area contributed by atoms with E-state index in [9.17, 15) is 9.59 Å². The van der Waals surface area contributed by atoms with Gasteiger partial charge in [0, 0.05) is 12.1 Å². The Hall–Kier alpha value is -2.90. The number of hydrogen-bond donors (Lipinski definition) is 2. The third-order valence-corrected chi connectivity index (χ3v) is 3.93. The lowest BCUT2D eigenvalue weighted by molar-refractivity contribution is -0.125. The molecule has 0 spiro atoms. The lowest BCUT2D eigenvalue weighted by atomic mass is 10.1. The predicted molar refractivity (Wildman–Crippen MR) is 97.1 cm³/mol. The molecule has 0 radical (unpaired) electrons. The van der Waals surface area contributed by atoms with Crippen LogP contribution >= 0.6 is 0 Å². The van der Waals surface area contributed by atoms with Crippen LogP contribution in [0.2, 0.25) is 0 Å². The maximum Gasteiger partial charge on any atom is 0.249 e. The van der Waals surface area contributed by atoms with Gasteiger partial charge in [0.15, 0.2) is 5.82 Å². The van der Waals surface area contributed by atoms with Crippen molar-refractivity contribution in [2.45, 2.75) is 39.7 Å². The summed E-state index contributed by atoms with van der Waals surface area (Å²) >= 11 is 0. The maximum atomic E-state index is 12.7. The van der Waals surface area contributed by atoms with E-state index >= 15 is 0 Å². The van der Waals surface area contributed by atoms with E-state index in [1.54, 1.807) is 24.3 Å². The van der Waals surface area contributed by atoms with Gasteiger partial charge < -0.3 is 10.1 Å². The van der Waals surface area contributed by atoms with E-state index in [-0.39, 0.29) is 18.2 Å². The third-order valence-electron chi connectivity index (χ3n) is 3.93. The Morgan fingerprint density at radius 3 is 2.77 bits per heavy atom. The third kappa shape index (κ3) is 4.01. The molecule has 1 aromatic carbocycles. The smallest absolute Gasteiger partial charge is 0.249 e. The summed E-state index contributed by atoms with van der Waals surface area (Å²) in [5.41, 5.74) is 0.633. The Morgan fingerprint density at radius 1 is 1.38 bits per heavy atom. The highest BCUT2D eigenvalue weighted by molar-refractivity contribution is 6.00. The van der Waals surface area contributed by atoms with E-state index in [4.69, 9.17) is 4.74 Å². The van der Waals surface area contributed by atoms with Gasteiger partial charge in [0.1, 0.15) is 11.8 Å². The normalized spacial score (nSPS) is 16.2. The largest absolute Gasteiger partial charge is 0.494 e. The summed E-state index contributed by atoms with van der Waals surface area (Å²) < 4.78 is 6.89. The number of hydrogen-bond acceptors (Lipinski definition) is 5. The zero-order chi connectivity index (χ0) is 18.7. The summed E-state index contributed by atoms with van der Waals surface area (Å²) in [6.45, 7) is 6.62. The van der Waals surface area contributed by atoms with Crippen molar-refractivity contribution >= 4 is 23.5 Å². The minimum absolute atomic E-state index is 0.0281.